The van der Waals surface area contributed by atoms with E-state index in [1.807, 2.05) is 13.8 Å². The molecule has 1 atom stereocenters. The molecule has 0 spiro atoms. The molecule has 0 aromatic heterocycles. The Hall–Kier alpha value is -0.810. The van der Waals surface area contributed by atoms with Crippen LogP contribution in [0.2, 0.25) is 0 Å². The summed E-state index contributed by atoms with van der Waals surface area (Å²) < 4.78 is 10.0. The zero-order valence-corrected chi connectivity index (χ0v) is 11.8. The number of amides is 1. The van der Waals surface area contributed by atoms with Crippen molar-refractivity contribution < 1.29 is 19.1 Å². The minimum atomic E-state index is -0.589. The van der Waals surface area contributed by atoms with Gasteiger partial charge in [-0.2, -0.15) is 0 Å². The van der Waals surface area contributed by atoms with E-state index in [0.29, 0.717) is 19.7 Å². The molecule has 0 radical (unpaired) electrons. The van der Waals surface area contributed by atoms with E-state index in [9.17, 15) is 9.59 Å². The van der Waals surface area contributed by atoms with Crippen LogP contribution < -0.4 is 0 Å². The zero-order chi connectivity index (χ0) is 13.8. The van der Waals surface area contributed by atoms with Crippen LogP contribution in [0.3, 0.4) is 0 Å². The Morgan fingerprint density at radius 2 is 2.17 bits per heavy atom. The minimum absolute atomic E-state index is 0.00401. The number of hydrogen-bond donors (Lipinski definition) is 0. The number of carbonyl (C=O) groups is 2. The smallest absolute Gasteiger partial charge is 0.308 e. The minimum Gasteiger partial charge on any atom is -0.469 e. The molecule has 6 heteroatoms. The Bertz CT molecular complexity index is 319. The monoisotopic (exact) mass is 277 g/mol. The van der Waals surface area contributed by atoms with Crippen LogP contribution >= 0.6 is 11.6 Å². The number of hydrogen-bond acceptors (Lipinski definition) is 4. The summed E-state index contributed by atoms with van der Waals surface area (Å²) in [5.41, 5.74) is -0.589. The topological polar surface area (TPSA) is 55.8 Å². The van der Waals surface area contributed by atoms with E-state index in [2.05, 4.69) is 4.74 Å². The molecule has 0 aromatic carbocycles. The van der Waals surface area contributed by atoms with Crippen LogP contribution in [0.4, 0.5) is 0 Å². The van der Waals surface area contributed by atoms with Crippen LogP contribution in [0.25, 0.3) is 0 Å². The van der Waals surface area contributed by atoms with Crippen LogP contribution in [0.15, 0.2) is 0 Å². The second-order valence-electron chi connectivity index (χ2n) is 5.04. The predicted molar refractivity (Wildman–Crippen MR) is 67.5 cm³/mol. The van der Waals surface area contributed by atoms with Crippen LogP contribution in [-0.2, 0) is 19.1 Å². The van der Waals surface area contributed by atoms with E-state index < -0.39 is 5.41 Å². The molecular weight excluding hydrogens is 258 g/mol. The van der Waals surface area contributed by atoms with E-state index in [-0.39, 0.29) is 30.3 Å². The Morgan fingerprint density at radius 1 is 1.50 bits per heavy atom. The molecule has 0 aliphatic carbocycles. The SMILES string of the molecule is COC(=O)CC1CN(C(=O)C(C)(C)CCl)CCO1. The van der Waals surface area contributed by atoms with Gasteiger partial charge in [0.05, 0.1) is 31.7 Å². The maximum absolute atomic E-state index is 12.2. The van der Waals surface area contributed by atoms with Crippen molar-refractivity contribution in [2.75, 3.05) is 32.7 Å². The molecule has 1 fully saturated rings. The molecule has 0 N–H and O–H groups in total. The van der Waals surface area contributed by atoms with Gasteiger partial charge in [-0.1, -0.05) is 0 Å². The fraction of sp³-hybridized carbons (Fsp3) is 0.833. The molecule has 1 saturated heterocycles. The van der Waals surface area contributed by atoms with Gasteiger partial charge in [-0.25, -0.2) is 0 Å². The number of morpholine rings is 1. The number of nitrogens with zero attached hydrogens (tertiary/aromatic N) is 1. The average Bonchev–Trinajstić information content (AvgIpc) is 2.38. The van der Waals surface area contributed by atoms with E-state index in [1.165, 1.54) is 7.11 Å². The van der Waals surface area contributed by atoms with Crippen molar-refractivity contribution >= 4 is 23.5 Å². The molecular formula is C12H20ClNO4. The second kappa shape index (κ2) is 6.38. The summed E-state index contributed by atoms with van der Waals surface area (Å²) in [7, 11) is 1.34. The van der Waals surface area contributed by atoms with Gasteiger partial charge in [-0.15, -0.1) is 11.6 Å². The number of rotatable bonds is 4. The first kappa shape index (κ1) is 15.2. The first-order valence-corrected chi connectivity index (χ1v) is 6.48. The lowest BCUT2D eigenvalue weighted by Crippen LogP contribution is -2.51. The molecule has 104 valence electrons. The number of methoxy groups -OCH3 is 1. The summed E-state index contributed by atoms with van der Waals surface area (Å²) in [6.45, 7) is 5.01. The lowest BCUT2D eigenvalue weighted by molar-refractivity contribution is -0.153. The van der Waals surface area contributed by atoms with Crippen molar-refractivity contribution in [1.82, 2.24) is 4.90 Å². The fourth-order valence-corrected chi connectivity index (χ4v) is 1.90. The molecule has 0 aromatic rings. The number of ether oxygens (including phenoxy) is 2. The predicted octanol–water partition coefficient (Wildman–Crippen LogP) is 1.04. The highest BCUT2D eigenvalue weighted by atomic mass is 35.5. The van der Waals surface area contributed by atoms with Gasteiger partial charge < -0.3 is 14.4 Å². The fourth-order valence-electron chi connectivity index (χ4n) is 1.78. The number of halogens is 1. The van der Waals surface area contributed by atoms with Gasteiger partial charge in [0.1, 0.15) is 0 Å². The Labute approximate surface area is 112 Å². The first-order valence-electron chi connectivity index (χ1n) is 5.94. The third-order valence-electron chi connectivity index (χ3n) is 2.96. The van der Waals surface area contributed by atoms with E-state index >= 15 is 0 Å². The van der Waals surface area contributed by atoms with Crippen molar-refractivity contribution in [2.24, 2.45) is 5.41 Å². The van der Waals surface area contributed by atoms with Gasteiger partial charge in [0.2, 0.25) is 5.91 Å². The highest BCUT2D eigenvalue weighted by Crippen LogP contribution is 2.22. The van der Waals surface area contributed by atoms with E-state index in [0.717, 1.165) is 0 Å². The highest BCUT2D eigenvalue weighted by Gasteiger charge is 2.34. The molecule has 0 saturated carbocycles. The first-order chi connectivity index (χ1) is 8.40. The quantitative estimate of drug-likeness (QED) is 0.569. The van der Waals surface area contributed by atoms with Gasteiger partial charge in [-0.05, 0) is 13.8 Å². The van der Waals surface area contributed by atoms with Gasteiger partial charge in [0.25, 0.3) is 0 Å². The van der Waals surface area contributed by atoms with Crippen LogP contribution in [0.5, 0.6) is 0 Å². The summed E-state index contributed by atoms with van der Waals surface area (Å²) in [5, 5.41) is 0. The average molecular weight is 278 g/mol. The maximum Gasteiger partial charge on any atom is 0.308 e. The molecule has 1 rings (SSSR count). The number of alkyl halides is 1. The molecule has 1 heterocycles. The summed E-state index contributed by atoms with van der Waals surface area (Å²) >= 11 is 5.80. The molecule has 1 amide bonds. The van der Waals surface area contributed by atoms with Crippen molar-refractivity contribution in [1.29, 1.82) is 0 Å². The van der Waals surface area contributed by atoms with Crippen molar-refractivity contribution in [3.05, 3.63) is 0 Å². The number of carbonyl (C=O) groups excluding carboxylic acids is 2. The van der Waals surface area contributed by atoms with Crippen LogP contribution in [-0.4, -0.2) is 55.6 Å². The lowest BCUT2D eigenvalue weighted by Gasteiger charge is -2.36. The summed E-state index contributed by atoms with van der Waals surface area (Å²) in [4.78, 5) is 25.1. The summed E-state index contributed by atoms with van der Waals surface area (Å²) in [5.74, 6) is -0.0632. The second-order valence-corrected chi connectivity index (χ2v) is 5.31. The summed E-state index contributed by atoms with van der Waals surface area (Å²) in [6.07, 6.45) is -0.122. The Kier molecular flexibility index (Phi) is 5.41. The Morgan fingerprint density at radius 3 is 2.72 bits per heavy atom. The molecule has 1 aliphatic heterocycles. The Balaban J connectivity index is 2.58. The molecule has 1 unspecified atom stereocenters. The third-order valence-corrected chi connectivity index (χ3v) is 3.63. The molecule has 18 heavy (non-hydrogen) atoms. The molecule has 5 nitrogen and oxygen atoms in total. The lowest BCUT2D eigenvalue weighted by atomic mass is 9.94. The van der Waals surface area contributed by atoms with Crippen molar-refractivity contribution in [3.63, 3.8) is 0 Å². The van der Waals surface area contributed by atoms with E-state index in [1.54, 1.807) is 4.90 Å². The normalized spacial score (nSPS) is 20.7. The largest absolute Gasteiger partial charge is 0.469 e. The van der Waals surface area contributed by atoms with Gasteiger partial charge in [0.15, 0.2) is 0 Å². The van der Waals surface area contributed by atoms with Crippen LogP contribution in [0, 0.1) is 5.41 Å². The zero-order valence-electron chi connectivity index (χ0n) is 11.1. The standard InChI is InChI=1S/C12H20ClNO4/c1-12(2,8-13)11(16)14-4-5-18-9(7-14)6-10(15)17-3/h9H,4-8H2,1-3H3. The van der Waals surface area contributed by atoms with Gasteiger partial charge in [-0.3, -0.25) is 9.59 Å². The van der Waals surface area contributed by atoms with Gasteiger partial charge >= 0.3 is 5.97 Å². The number of esters is 1. The van der Waals surface area contributed by atoms with Gasteiger partial charge in [0, 0.05) is 19.0 Å². The molecule has 1 aliphatic rings. The van der Waals surface area contributed by atoms with Crippen molar-refractivity contribution in [3.8, 4) is 0 Å². The van der Waals surface area contributed by atoms with Crippen molar-refractivity contribution in [2.45, 2.75) is 26.4 Å². The summed E-state index contributed by atoms with van der Waals surface area (Å²) in [6, 6.07) is 0. The van der Waals surface area contributed by atoms with Crippen LogP contribution in [0.1, 0.15) is 20.3 Å². The maximum atomic E-state index is 12.2. The third kappa shape index (κ3) is 3.85. The highest BCUT2D eigenvalue weighted by molar-refractivity contribution is 6.19. The molecule has 0 bridgehead atoms. The van der Waals surface area contributed by atoms with E-state index in [4.69, 9.17) is 16.3 Å².